The Morgan fingerprint density at radius 3 is 2.39 bits per heavy atom. The Morgan fingerprint density at radius 1 is 0.929 bits per heavy atom. The smallest absolute Gasteiger partial charge is 0.234 e. The maximum atomic E-state index is 12.8. The second-order valence-corrected chi connectivity index (χ2v) is 7.84. The minimum absolute atomic E-state index is 0.0185. The number of carbonyl (C=O) groups excluding carboxylic acids is 2. The molecule has 0 aliphatic carbocycles. The summed E-state index contributed by atoms with van der Waals surface area (Å²) < 4.78 is 0. The Balaban J connectivity index is 1.32. The van der Waals surface area contributed by atoms with Gasteiger partial charge in [-0.3, -0.25) is 19.4 Å². The Morgan fingerprint density at radius 2 is 1.68 bits per heavy atom. The van der Waals surface area contributed by atoms with Crippen molar-refractivity contribution in [1.29, 1.82) is 0 Å². The molecule has 0 aromatic heterocycles. The Hall–Kier alpha value is -2.66. The third-order valence-corrected chi connectivity index (χ3v) is 5.74. The fourth-order valence-corrected chi connectivity index (χ4v) is 4.13. The average Bonchev–Trinajstić information content (AvgIpc) is 2.97. The lowest BCUT2D eigenvalue weighted by atomic mass is 9.98. The molecule has 2 saturated heterocycles. The van der Waals surface area contributed by atoms with Crippen molar-refractivity contribution < 1.29 is 9.59 Å². The third-order valence-electron chi connectivity index (χ3n) is 5.74. The van der Waals surface area contributed by atoms with Crippen LogP contribution in [0.15, 0.2) is 54.6 Å². The zero-order chi connectivity index (χ0) is 19.5. The second-order valence-electron chi connectivity index (χ2n) is 7.84. The molecule has 0 bridgehead atoms. The van der Waals surface area contributed by atoms with Crippen molar-refractivity contribution in [3.8, 4) is 0 Å². The van der Waals surface area contributed by atoms with E-state index in [4.69, 9.17) is 0 Å². The van der Waals surface area contributed by atoms with Gasteiger partial charge in [0.05, 0.1) is 12.6 Å². The van der Waals surface area contributed by atoms with E-state index in [2.05, 4.69) is 41.0 Å². The van der Waals surface area contributed by atoms with Crippen LogP contribution in [-0.4, -0.2) is 54.5 Å². The maximum absolute atomic E-state index is 12.8. The zero-order valence-electron chi connectivity index (χ0n) is 16.4. The number of amides is 2. The minimum atomic E-state index is -0.219. The number of benzene rings is 2. The molecule has 2 aromatic rings. The normalized spacial score (nSPS) is 20.8. The first kappa shape index (κ1) is 18.7. The monoisotopic (exact) mass is 377 g/mol. The molecule has 2 aliphatic heterocycles. The Labute approximate surface area is 166 Å². The Bertz CT molecular complexity index is 844. The fraction of sp³-hybridized carbons (Fsp3) is 0.391. The predicted molar refractivity (Wildman–Crippen MR) is 110 cm³/mol. The van der Waals surface area contributed by atoms with Crippen LogP contribution in [0.25, 0.3) is 0 Å². The van der Waals surface area contributed by atoms with E-state index in [1.807, 2.05) is 30.3 Å². The van der Waals surface area contributed by atoms with Gasteiger partial charge in [0.25, 0.3) is 0 Å². The number of hydrogen-bond acceptors (Lipinski definition) is 4. The van der Waals surface area contributed by atoms with Crippen LogP contribution >= 0.6 is 0 Å². The molecule has 0 radical (unpaired) electrons. The summed E-state index contributed by atoms with van der Waals surface area (Å²) in [5.74, 6) is -0.273. The summed E-state index contributed by atoms with van der Waals surface area (Å²) in [5, 5.41) is 0. The highest BCUT2D eigenvalue weighted by molar-refractivity contribution is 6.03. The molecule has 0 saturated carbocycles. The first-order chi connectivity index (χ1) is 13.6. The molecule has 4 rings (SSSR count). The number of likely N-dealkylation sites (tertiary alicyclic amines) is 1. The van der Waals surface area contributed by atoms with Crippen molar-refractivity contribution in [3.63, 3.8) is 0 Å². The van der Waals surface area contributed by atoms with Crippen molar-refractivity contribution in [2.45, 2.75) is 19.8 Å². The number of anilines is 1. The van der Waals surface area contributed by atoms with E-state index in [-0.39, 0.29) is 17.7 Å². The molecule has 0 spiro atoms. The highest BCUT2D eigenvalue weighted by atomic mass is 16.2. The van der Waals surface area contributed by atoms with Crippen LogP contribution in [0, 0.1) is 12.8 Å². The molecule has 146 valence electrons. The van der Waals surface area contributed by atoms with Crippen molar-refractivity contribution in [2.24, 2.45) is 5.92 Å². The van der Waals surface area contributed by atoms with Gasteiger partial charge in [0.2, 0.25) is 11.8 Å². The SMILES string of the molecule is Cc1cccc(N2CCN(CN3C(=O)CC(Cc4ccccc4)C3=O)CC2)c1. The van der Waals surface area contributed by atoms with Crippen LogP contribution in [0.3, 0.4) is 0 Å². The van der Waals surface area contributed by atoms with E-state index in [0.29, 0.717) is 19.5 Å². The Kier molecular flexibility index (Phi) is 5.44. The zero-order valence-corrected chi connectivity index (χ0v) is 16.4. The van der Waals surface area contributed by atoms with Crippen LogP contribution in [0.2, 0.25) is 0 Å². The summed E-state index contributed by atoms with van der Waals surface area (Å²) in [6, 6.07) is 18.5. The molecule has 2 aliphatic rings. The van der Waals surface area contributed by atoms with E-state index >= 15 is 0 Å². The van der Waals surface area contributed by atoms with Gasteiger partial charge in [0.1, 0.15) is 0 Å². The summed E-state index contributed by atoms with van der Waals surface area (Å²) in [6.45, 7) is 6.06. The number of nitrogens with zero attached hydrogens (tertiary/aromatic N) is 3. The van der Waals surface area contributed by atoms with E-state index < -0.39 is 0 Å². The van der Waals surface area contributed by atoms with Gasteiger partial charge in [0, 0.05) is 38.3 Å². The predicted octanol–water partition coefficient (Wildman–Crippen LogP) is 2.69. The lowest BCUT2D eigenvalue weighted by Crippen LogP contribution is -2.51. The molecule has 1 unspecified atom stereocenters. The van der Waals surface area contributed by atoms with E-state index in [0.717, 1.165) is 31.7 Å². The largest absolute Gasteiger partial charge is 0.369 e. The van der Waals surface area contributed by atoms with Gasteiger partial charge in [-0.2, -0.15) is 0 Å². The number of piperazine rings is 1. The number of aryl methyl sites for hydroxylation is 1. The molecular formula is C23H27N3O2. The highest BCUT2D eigenvalue weighted by Crippen LogP contribution is 2.24. The minimum Gasteiger partial charge on any atom is -0.369 e. The topological polar surface area (TPSA) is 43.9 Å². The molecule has 28 heavy (non-hydrogen) atoms. The molecule has 0 N–H and O–H groups in total. The number of rotatable bonds is 5. The molecule has 5 nitrogen and oxygen atoms in total. The van der Waals surface area contributed by atoms with E-state index in [1.165, 1.54) is 16.2 Å². The number of carbonyl (C=O) groups is 2. The first-order valence-corrected chi connectivity index (χ1v) is 10.0. The molecule has 2 amide bonds. The van der Waals surface area contributed by atoms with Gasteiger partial charge in [0.15, 0.2) is 0 Å². The highest BCUT2D eigenvalue weighted by Gasteiger charge is 2.39. The molecule has 2 fully saturated rings. The lowest BCUT2D eigenvalue weighted by molar-refractivity contribution is -0.141. The van der Waals surface area contributed by atoms with Crippen LogP contribution in [0.5, 0.6) is 0 Å². The molecular weight excluding hydrogens is 350 g/mol. The standard InChI is InChI=1S/C23H27N3O2/c1-18-6-5-9-21(14-18)25-12-10-24(11-13-25)17-26-22(27)16-20(23(26)28)15-19-7-3-2-4-8-19/h2-9,14,20H,10-13,15-17H2,1H3. The van der Waals surface area contributed by atoms with E-state index in [1.54, 1.807) is 0 Å². The number of hydrogen-bond donors (Lipinski definition) is 0. The molecule has 2 heterocycles. The molecule has 1 atom stereocenters. The quantitative estimate of drug-likeness (QED) is 0.752. The van der Waals surface area contributed by atoms with Gasteiger partial charge < -0.3 is 4.90 Å². The van der Waals surface area contributed by atoms with Crippen LogP contribution in [-0.2, 0) is 16.0 Å². The number of imide groups is 1. The van der Waals surface area contributed by atoms with Crippen LogP contribution in [0.1, 0.15) is 17.5 Å². The van der Waals surface area contributed by atoms with Crippen molar-refractivity contribution in [2.75, 3.05) is 37.7 Å². The van der Waals surface area contributed by atoms with Gasteiger partial charge in [-0.1, -0.05) is 42.5 Å². The van der Waals surface area contributed by atoms with Gasteiger partial charge in [-0.05, 0) is 36.6 Å². The average molecular weight is 377 g/mol. The van der Waals surface area contributed by atoms with Gasteiger partial charge in [-0.25, -0.2) is 0 Å². The summed E-state index contributed by atoms with van der Waals surface area (Å²) in [5.41, 5.74) is 3.62. The summed E-state index contributed by atoms with van der Waals surface area (Å²) in [4.78, 5) is 31.3. The lowest BCUT2D eigenvalue weighted by Gasteiger charge is -2.37. The van der Waals surface area contributed by atoms with Gasteiger partial charge in [-0.15, -0.1) is 0 Å². The van der Waals surface area contributed by atoms with E-state index in [9.17, 15) is 9.59 Å². The summed E-state index contributed by atoms with van der Waals surface area (Å²) >= 11 is 0. The van der Waals surface area contributed by atoms with Gasteiger partial charge >= 0.3 is 0 Å². The van der Waals surface area contributed by atoms with Crippen molar-refractivity contribution in [3.05, 3.63) is 65.7 Å². The van der Waals surface area contributed by atoms with Crippen LogP contribution < -0.4 is 4.90 Å². The fourth-order valence-electron chi connectivity index (χ4n) is 4.13. The molecule has 2 aromatic carbocycles. The second kappa shape index (κ2) is 8.15. The maximum Gasteiger partial charge on any atom is 0.234 e. The summed E-state index contributed by atoms with van der Waals surface area (Å²) in [7, 11) is 0. The third kappa shape index (κ3) is 4.09. The summed E-state index contributed by atoms with van der Waals surface area (Å²) in [6.07, 6.45) is 0.972. The first-order valence-electron chi connectivity index (χ1n) is 10.0. The van der Waals surface area contributed by atoms with Crippen LogP contribution in [0.4, 0.5) is 5.69 Å². The molecule has 5 heteroatoms. The van der Waals surface area contributed by atoms with Crippen molar-refractivity contribution >= 4 is 17.5 Å². The van der Waals surface area contributed by atoms with Crippen molar-refractivity contribution in [1.82, 2.24) is 9.80 Å².